The van der Waals surface area contributed by atoms with E-state index < -0.39 is 0 Å². The van der Waals surface area contributed by atoms with Gasteiger partial charge in [-0.3, -0.25) is 4.79 Å². The van der Waals surface area contributed by atoms with Crippen molar-refractivity contribution in [1.82, 2.24) is 15.1 Å². The SMILES string of the molecule is CCc1c(C(=O)NCc2ccco2)c(C2CC2)nn1-c1cccc(Cl)c1. The molecule has 0 spiro atoms. The molecule has 134 valence electrons. The van der Waals surface area contributed by atoms with Crippen molar-refractivity contribution in [3.05, 3.63) is 70.4 Å². The van der Waals surface area contributed by atoms with E-state index in [2.05, 4.69) is 5.32 Å². The van der Waals surface area contributed by atoms with Gasteiger partial charge >= 0.3 is 0 Å². The van der Waals surface area contributed by atoms with Crippen molar-refractivity contribution < 1.29 is 9.21 Å². The number of halogens is 1. The van der Waals surface area contributed by atoms with Crippen LogP contribution in [0.1, 0.15) is 53.2 Å². The molecule has 5 nitrogen and oxygen atoms in total. The Morgan fingerprint density at radius 3 is 2.85 bits per heavy atom. The lowest BCUT2D eigenvalue weighted by Crippen LogP contribution is -2.24. The Balaban J connectivity index is 1.71. The minimum absolute atomic E-state index is 0.103. The number of carbonyl (C=O) groups excluding carboxylic acids is 1. The van der Waals surface area contributed by atoms with Gasteiger partial charge in [0.25, 0.3) is 5.91 Å². The lowest BCUT2D eigenvalue weighted by molar-refractivity contribution is 0.0946. The minimum Gasteiger partial charge on any atom is -0.467 e. The van der Waals surface area contributed by atoms with E-state index in [0.717, 1.165) is 35.7 Å². The molecule has 4 rings (SSSR count). The Hall–Kier alpha value is -2.53. The van der Waals surface area contributed by atoms with Crippen molar-refractivity contribution in [3.8, 4) is 5.69 Å². The fraction of sp³-hybridized carbons (Fsp3) is 0.300. The molecule has 0 saturated heterocycles. The van der Waals surface area contributed by atoms with Crippen molar-refractivity contribution in [3.63, 3.8) is 0 Å². The van der Waals surface area contributed by atoms with E-state index in [1.54, 1.807) is 6.26 Å². The van der Waals surface area contributed by atoms with Crippen molar-refractivity contribution >= 4 is 17.5 Å². The smallest absolute Gasteiger partial charge is 0.255 e. The average Bonchev–Trinajstić information content (AvgIpc) is 3.21. The molecule has 1 amide bonds. The summed E-state index contributed by atoms with van der Waals surface area (Å²) in [5, 5.41) is 8.41. The first kappa shape index (κ1) is 16.9. The van der Waals surface area contributed by atoms with Gasteiger partial charge in [-0.25, -0.2) is 4.68 Å². The molecule has 0 radical (unpaired) electrons. The van der Waals surface area contributed by atoms with Gasteiger partial charge in [-0.2, -0.15) is 5.10 Å². The molecule has 1 aliphatic carbocycles. The maximum absolute atomic E-state index is 13.0. The van der Waals surface area contributed by atoms with Crippen LogP contribution >= 0.6 is 11.6 Å². The molecular formula is C20H20ClN3O2. The third kappa shape index (κ3) is 3.27. The zero-order chi connectivity index (χ0) is 18.1. The van der Waals surface area contributed by atoms with Gasteiger partial charge in [0.1, 0.15) is 5.76 Å². The Morgan fingerprint density at radius 1 is 1.35 bits per heavy atom. The normalized spacial score (nSPS) is 13.8. The van der Waals surface area contributed by atoms with Crippen molar-refractivity contribution in [2.75, 3.05) is 0 Å². The van der Waals surface area contributed by atoms with E-state index in [9.17, 15) is 4.79 Å². The van der Waals surface area contributed by atoms with E-state index in [1.165, 1.54) is 0 Å². The molecule has 0 aliphatic heterocycles. The summed E-state index contributed by atoms with van der Waals surface area (Å²) in [4.78, 5) is 13.0. The Labute approximate surface area is 157 Å². The summed E-state index contributed by atoms with van der Waals surface area (Å²) in [5.41, 5.74) is 3.37. The Bertz CT molecular complexity index is 927. The van der Waals surface area contributed by atoms with Gasteiger partial charge in [0.05, 0.1) is 35.4 Å². The second kappa shape index (κ2) is 7.00. The van der Waals surface area contributed by atoms with Crippen LogP contribution < -0.4 is 5.32 Å². The van der Waals surface area contributed by atoms with Crippen molar-refractivity contribution in [2.24, 2.45) is 0 Å². The number of nitrogens with one attached hydrogen (secondary N) is 1. The molecule has 3 aromatic rings. The zero-order valence-corrected chi connectivity index (χ0v) is 15.3. The molecule has 6 heteroatoms. The predicted octanol–water partition coefficient (Wildman–Crippen LogP) is 4.49. The van der Waals surface area contributed by atoms with Crippen molar-refractivity contribution in [1.29, 1.82) is 0 Å². The van der Waals surface area contributed by atoms with Crippen LogP contribution in [0.3, 0.4) is 0 Å². The number of amides is 1. The highest BCUT2D eigenvalue weighted by Gasteiger charge is 2.34. The van der Waals surface area contributed by atoms with Crippen LogP contribution in [0.25, 0.3) is 5.69 Å². The van der Waals surface area contributed by atoms with Gasteiger partial charge in [-0.15, -0.1) is 0 Å². The molecule has 1 aliphatic rings. The number of benzene rings is 1. The highest BCUT2D eigenvalue weighted by atomic mass is 35.5. The topological polar surface area (TPSA) is 60.1 Å². The molecule has 0 atom stereocenters. The Kier molecular flexibility index (Phi) is 4.55. The minimum atomic E-state index is -0.103. The quantitative estimate of drug-likeness (QED) is 0.696. The first-order valence-corrected chi connectivity index (χ1v) is 9.23. The summed E-state index contributed by atoms with van der Waals surface area (Å²) in [6.07, 6.45) is 4.46. The summed E-state index contributed by atoms with van der Waals surface area (Å²) >= 11 is 6.15. The van der Waals surface area contributed by atoms with Crippen LogP contribution in [-0.4, -0.2) is 15.7 Å². The predicted molar refractivity (Wildman–Crippen MR) is 99.8 cm³/mol. The molecule has 0 unspecified atom stereocenters. The van der Waals surface area contributed by atoms with Crippen LogP contribution in [0.5, 0.6) is 0 Å². The second-order valence-corrected chi connectivity index (χ2v) is 6.92. The second-order valence-electron chi connectivity index (χ2n) is 6.49. The maximum atomic E-state index is 13.0. The number of furan rings is 1. The van der Waals surface area contributed by atoms with Crippen LogP contribution in [0, 0.1) is 0 Å². The van der Waals surface area contributed by atoms with Gasteiger partial charge in [-0.1, -0.05) is 24.6 Å². The maximum Gasteiger partial charge on any atom is 0.255 e. The van der Waals surface area contributed by atoms with Crippen molar-refractivity contribution in [2.45, 2.75) is 38.6 Å². The number of rotatable bonds is 6. The zero-order valence-electron chi connectivity index (χ0n) is 14.5. The van der Waals surface area contributed by atoms with E-state index in [-0.39, 0.29) is 5.91 Å². The van der Waals surface area contributed by atoms with Crippen LogP contribution in [0.15, 0.2) is 47.1 Å². The van der Waals surface area contributed by atoms with E-state index in [4.69, 9.17) is 21.1 Å². The lowest BCUT2D eigenvalue weighted by atomic mass is 10.1. The number of carbonyl (C=O) groups is 1. The third-order valence-electron chi connectivity index (χ3n) is 4.59. The molecule has 1 fully saturated rings. The van der Waals surface area contributed by atoms with E-state index in [0.29, 0.717) is 29.5 Å². The first-order chi connectivity index (χ1) is 12.7. The van der Waals surface area contributed by atoms with E-state index >= 15 is 0 Å². The molecule has 1 saturated carbocycles. The molecular weight excluding hydrogens is 350 g/mol. The molecule has 0 bridgehead atoms. The standard InChI is InChI=1S/C20H20ClN3O2/c1-2-17-18(20(25)22-12-16-7-4-10-26-16)19(13-8-9-13)23-24(17)15-6-3-5-14(21)11-15/h3-7,10-11,13H,2,8-9,12H2,1H3,(H,22,25). The monoisotopic (exact) mass is 369 g/mol. The van der Waals surface area contributed by atoms with Gasteiger partial charge in [-0.05, 0) is 49.6 Å². The summed E-state index contributed by atoms with van der Waals surface area (Å²) in [7, 11) is 0. The average molecular weight is 370 g/mol. The van der Waals surface area contributed by atoms with Gasteiger partial charge in [0, 0.05) is 10.9 Å². The summed E-state index contributed by atoms with van der Waals surface area (Å²) < 4.78 is 7.17. The highest BCUT2D eigenvalue weighted by molar-refractivity contribution is 6.30. The molecule has 1 N–H and O–H groups in total. The fourth-order valence-corrected chi connectivity index (χ4v) is 3.36. The number of hydrogen-bond donors (Lipinski definition) is 1. The van der Waals surface area contributed by atoms with Gasteiger partial charge in [0.2, 0.25) is 0 Å². The molecule has 26 heavy (non-hydrogen) atoms. The lowest BCUT2D eigenvalue weighted by Gasteiger charge is -2.08. The summed E-state index contributed by atoms with van der Waals surface area (Å²) in [6.45, 7) is 2.40. The third-order valence-corrected chi connectivity index (χ3v) is 4.83. The number of aromatic nitrogens is 2. The summed E-state index contributed by atoms with van der Waals surface area (Å²) in [6, 6.07) is 11.2. The Morgan fingerprint density at radius 2 is 2.19 bits per heavy atom. The van der Waals surface area contributed by atoms with Crippen LogP contribution in [-0.2, 0) is 13.0 Å². The molecule has 1 aromatic carbocycles. The number of hydrogen-bond acceptors (Lipinski definition) is 3. The van der Waals surface area contributed by atoms with Crippen LogP contribution in [0.2, 0.25) is 5.02 Å². The summed E-state index contributed by atoms with van der Waals surface area (Å²) in [5.74, 6) is 0.991. The molecule has 2 aromatic heterocycles. The fourth-order valence-electron chi connectivity index (χ4n) is 3.18. The van der Waals surface area contributed by atoms with Crippen LogP contribution in [0.4, 0.5) is 0 Å². The van der Waals surface area contributed by atoms with Gasteiger partial charge < -0.3 is 9.73 Å². The largest absolute Gasteiger partial charge is 0.467 e. The molecule has 2 heterocycles. The highest BCUT2D eigenvalue weighted by Crippen LogP contribution is 2.42. The first-order valence-electron chi connectivity index (χ1n) is 8.85. The number of nitrogens with zero attached hydrogens (tertiary/aromatic N) is 2. The van der Waals surface area contributed by atoms with Gasteiger partial charge in [0.15, 0.2) is 0 Å². The van der Waals surface area contributed by atoms with E-state index in [1.807, 2.05) is 48.0 Å².